The molecule has 0 aliphatic heterocycles. The minimum Gasteiger partial charge on any atom is -0.388 e. The highest BCUT2D eigenvalue weighted by molar-refractivity contribution is 5.78. The standard InChI is InChI=1S/C12H24N2O2/c1-10(8-13-2)11(15)14(3)9-12(16)6-4-5-7-12/h10,13,16H,4-9H2,1-3H3. The first kappa shape index (κ1) is 13.5. The van der Waals surface area contributed by atoms with Crippen LogP contribution in [-0.2, 0) is 4.79 Å². The zero-order chi connectivity index (χ0) is 12.2. The van der Waals surface area contributed by atoms with Crippen molar-refractivity contribution in [2.24, 2.45) is 5.92 Å². The average molecular weight is 228 g/mol. The first-order chi connectivity index (χ1) is 7.48. The van der Waals surface area contributed by atoms with Crippen molar-refractivity contribution >= 4 is 5.91 Å². The van der Waals surface area contributed by atoms with Gasteiger partial charge in [0.25, 0.3) is 0 Å². The molecule has 94 valence electrons. The molecule has 0 aromatic heterocycles. The molecule has 0 aromatic carbocycles. The number of hydrogen-bond donors (Lipinski definition) is 2. The highest BCUT2D eigenvalue weighted by atomic mass is 16.3. The van der Waals surface area contributed by atoms with E-state index in [2.05, 4.69) is 5.32 Å². The largest absolute Gasteiger partial charge is 0.388 e. The predicted molar refractivity (Wildman–Crippen MR) is 64.1 cm³/mol. The second-order valence-corrected chi connectivity index (χ2v) is 5.08. The Balaban J connectivity index is 2.44. The number of likely N-dealkylation sites (N-methyl/N-ethyl adjacent to an activating group) is 1. The maximum Gasteiger partial charge on any atom is 0.226 e. The van der Waals surface area contributed by atoms with Gasteiger partial charge in [0.1, 0.15) is 0 Å². The second kappa shape index (κ2) is 5.64. The average Bonchev–Trinajstić information content (AvgIpc) is 2.64. The van der Waals surface area contributed by atoms with Crippen LogP contribution < -0.4 is 5.32 Å². The molecule has 2 N–H and O–H groups in total. The summed E-state index contributed by atoms with van der Waals surface area (Å²) in [6.07, 6.45) is 3.80. The van der Waals surface area contributed by atoms with Gasteiger partial charge < -0.3 is 15.3 Å². The van der Waals surface area contributed by atoms with E-state index < -0.39 is 5.60 Å². The molecule has 1 amide bonds. The minimum atomic E-state index is -0.635. The minimum absolute atomic E-state index is 0.0278. The zero-order valence-electron chi connectivity index (χ0n) is 10.6. The fourth-order valence-electron chi connectivity index (χ4n) is 2.48. The van der Waals surface area contributed by atoms with Crippen LogP contribution in [0.4, 0.5) is 0 Å². The summed E-state index contributed by atoms with van der Waals surface area (Å²) in [5, 5.41) is 13.2. The molecule has 0 saturated heterocycles. The normalized spacial score (nSPS) is 20.8. The number of carbonyl (C=O) groups is 1. The van der Waals surface area contributed by atoms with Crippen molar-refractivity contribution in [1.82, 2.24) is 10.2 Å². The Kier molecular flexibility index (Phi) is 4.74. The Morgan fingerprint density at radius 1 is 1.50 bits per heavy atom. The van der Waals surface area contributed by atoms with Crippen molar-refractivity contribution in [2.75, 3.05) is 27.2 Å². The molecule has 1 rings (SSSR count). The Morgan fingerprint density at radius 2 is 2.06 bits per heavy atom. The van der Waals surface area contributed by atoms with Gasteiger partial charge in [0, 0.05) is 26.1 Å². The van der Waals surface area contributed by atoms with Crippen LogP contribution in [0.1, 0.15) is 32.6 Å². The van der Waals surface area contributed by atoms with Crippen LogP contribution in [0.5, 0.6) is 0 Å². The van der Waals surface area contributed by atoms with E-state index in [9.17, 15) is 9.90 Å². The van der Waals surface area contributed by atoms with Crippen molar-refractivity contribution in [2.45, 2.75) is 38.2 Å². The van der Waals surface area contributed by atoms with Crippen LogP contribution in [-0.4, -0.2) is 48.7 Å². The molecule has 1 saturated carbocycles. The van der Waals surface area contributed by atoms with Crippen molar-refractivity contribution in [1.29, 1.82) is 0 Å². The molecule has 1 unspecified atom stereocenters. The molecule has 0 aromatic rings. The molecule has 1 aliphatic carbocycles. The third kappa shape index (κ3) is 3.46. The van der Waals surface area contributed by atoms with Crippen LogP contribution in [0.3, 0.4) is 0 Å². The first-order valence-electron chi connectivity index (χ1n) is 6.10. The van der Waals surface area contributed by atoms with Gasteiger partial charge in [-0.15, -0.1) is 0 Å². The topological polar surface area (TPSA) is 52.6 Å². The van der Waals surface area contributed by atoms with Gasteiger partial charge in [0.15, 0.2) is 0 Å². The van der Waals surface area contributed by atoms with Gasteiger partial charge in [-0.25, -0.2) is 0 Å². The number of carbonyl (C=O) groups excluding carboxylic acids is 1. The maximum atomic E-state index is 11.9. The van der Waals surface area contributed by atoms with Gasteiger partial charge in [0.05, 0.1) is 5.60 Å². The summed E-state index contributed by atoms with van der Waals surface area (Å²) in [4.78, 5) is 13.6. The molecule has 4 heteroatoms. The molecule has 4 nitrogen and oxygen atoms in total. The third-order valence-corrected chi connectivity index (χ3v) is 3.37. The summed E-state index contributed by atoms with van der Waals surface area (Å²) >= 11 is 0. The molecule has 1 aliphatic rings. The number of amides is 1. The van der Waals surface area contributed by atoms with E-state index in [4.69, 9.17) is 0 Å². The van der Waals surface area contributed by atoms with E-state index in [1.165, 1.54) is 0 Å². The van der Waals surface area contributed by atoms with Crippen LogP contribution >= 0.6 is 0 Å². The fraction of sp³-hybridized carbons (Fsp3) is 0.917. The van der Waals surface area contributed by atoms with Crippen molar-refractivity contribution in [3.63, 3.8) is 0 Å². The summed E-state index contributed by atoms with van der Waals surface area (Å²) in [6.45, 7) is 3.06. The highest BCUT2D eigenvalue weighted by Gasteiger charge is 2.34. The van der Waals surface area contributed by atoms with Crippen LogP contribution in [0.25, 0.3) is 0 Å². The second-order valence-electron chi connectivity index (χ2n) is 5.08. The van der Waals surface area contributed by atoms with E-state index in [1.807, 2.05) is 14.0 Å². The van der Waals surface area contributed by atoms with Crippen LogP contribution in [0.2, 0.25) is 0 Å². The summed E-state index contributed by atoms with van der Waals surface area (Å²) in [5.41, 5.74) is -0.635. The number of rotatable bonds is 5. The number of aliphatic hydroxyl groups is 1. The fourth-order valence-corrected chi connectivity index (χ4v) is 2.48. The Morgan fingerprint density at radius 3 is 2.56 bits per heavy atom. The first-order valence-corrected chi connectivity index (χ1v) is 6.10. The van der Waals surface area contributed by atoms with Gasteiger partial charge >= 0.3 is 0 Å². The van der Waals surface area contributed by atoms with Gasteiger partial charge in [0.2, 0.25) is 5.91 Å². The van der Waals surface area contributed by atoms with E-state index in [-0.39, 0.29) is 11.8 Å². The van der Waals surface area contributed by atoms with E-state index in [0.717, 1.165) is 25.7 Å². The predicted octanol–water partition coefficient (Wildman–Crippen LogP) is 0.605. The molecule has 0 heterocycles. The molecule has 16 heavy (non-hydrogen) atoms. The molecule has 0 bridgehead atoms. The van der Waals surface area contributed by atoms with E-state index in [1.54, 1.807) is 11.9 Å². The van der Waals surface area contributed by atoms with Gasteiger partial charge in [-0.1, -0.05) is 19.8 Å². The number of hydrogen-bond acceptors (Lipinski definition) is 3. The van der Waals surface area contributed by atoms with E-state index in [0.29, 0.717) is 13.1 Å². The van der Waals surface area contributed by atoms with Crippen LogP contribution in [0, 0.1) is 5.92 Å². The van der Waals surface area contributed by atoms with Crippen molar-refractivity contribution in [3.05, 3.63) is 0 Å². The highest BCUT2D eigenvalue weighted by Crippen LogP contribution is 2.30. The Hall–Kier alpha value is -0.610. The van der Waals surface area contributed by atoms with Crippen molar-refractivity contribution in [3.8, 4) is 0 Å². The summed E-state index contributed by atoms with van der Waals surface area (Å²) in [6, 6.07) is 0. The summed E-state index contributed by atoms with van der Waals surface area (Å²) in [7, 11) is 3.62. The number of nitrogens with one attached hydrogen (secondary N) is 1. The lowest BCUT2D eigenvalue weighted by Crippen LogP contribution is -2.45. The smallest absolute Gasteiger partial charge is 0.226 e. The maximum absolute atomic E-state index is 11.9. The molecular formula is C12H24N2O2. The summed E-state index contributed by atoms with van der Waals surface area (Å²) < 4.78 is 0. The molecule has 1 fully saturated rings. The number of nitrogens with zero attached hydrogens (tertiary/aromatic N) is 1. The van der Waals surface area contributed by atoms with Crippen LogP contribution in [0.15, 0.2) is 0 Å². The third-order valence-electron chi connectivity index (χ3n) is 3.37. The van der Waals surface area contributed by atoms with Gasteiger partial charge in [-0.3, -0.25) is 4.79 Å². The summed E-state index contributed by atoms with van der Waals surface area (Å²) in [5.74, 6) is 0.0784. The van der Waals surface area contributed by atoms with Gasteiger partial charge in [-0.2, -0.15) is 0 Å². The van der Waals surface area contributed by atoms with E-state index >= 15 is 0 Å². The quantitative estimate of drug-likeness (QED) is 0.725. The van der Waals surface area contributed by atoms with Crippen molar-refractivity contribution < 1.29 is 9.90 Å². The molecule has 1 atom stereocenters. The lowest BCUT2D eigenvalue weighted by Gasteiger charge is -2.30. The van der Waals surface area contributed by atoms with Gasteiger partial charge in [-0.05, 0) is 19.9 Å². The molecule has 0 radical (unpaired) electrons. The monoisotopic (exact) mass is 228 g/mol. The Bertz CT molecular complexity index is 237. The molecular weight excluding hydrogens is 204 g/mol. The lowest BCUT2D eigenvalue weighted by molar-refractivity contribution is -0.136. The lowest BCUT2D eigenvalue weighted by atomic mass is 10.0. The zero-order valence-corrected chi connectivity index (χ0v) is 10.6. The SMILES string of the molecule is CNCC(C)C(=O)N(C)CC1(O)CCCC1. The Labute approximate surface area is 98.0 Å². The molecule has 0 spiro atoms.